The molecule has 4 rings (SSSR count). The number of carbonyl (C=O) groups is 1. The van der Waals surface area contributed by atoms with Crippen LogP contribution in [0.25, 0.3) is 0 Å². The molecule has 4 aliphatic rings. The van der Waals surface area contributed by atoms with Crippen LogP contribution in [0, 0.1) is 64.1 Å². The molecule has 4 aliphatic carbocycles. The molecule has 3 saturated carbocycles. The lowest BCUT2D eigenvalue weighted by molar-refractivity contribution is -0.117. The van der Waals surface area contributed by atoms with Gasteiger partial charge in [-0.15, -0.1) is 0 Å². The molecule has 0 bridgehead atoms. The number of hydrogen-bond acceptors (Lipinski definition) is 2. The maximum absolute atomic E-state index is 12.1. The van der Waals surface area contributed by atoms with Gasteiger partial charge in [0.15, 0.2) is 5.78 Å². The topological polar surface area (TPSA) is 37.3 Å². The predicted octanol–water partition coefficient (Wildman–Crippen LogP) is 8.97. The Morgan fingerprint density at radius 1 is 0.914 bits per heavy atom. The SMILES string of the molecule is C.CC[C@@H](C(C)C)[C@H](C)[C@@H](C)[C@@H](C)C1CCC2C3CCC4=CC(=O)CC[C@]4(C)C3CC[C@@]21C.CO. The Kier molecular flexibility index (Phi) is 10.3. The maximum atomic E-state index is 12.1. The van der Waals surface area contributed by atoms with Crippen molar-refractivity contribution in [2.45, 2.75) is 121 Å². The van der Waals surface area contributed by atoms with Crippen molar-refractivity contribution >= 4 is 5.78 Å². The third-order valence-corrected chi connectivity index (χ3v) is 12.3. The quantitative estimate of drug-likeness (QED) is 0.405. The zero-order chi connectivity index (χ0) is 25.4. The number of allylic oxidation sites excluding steroid dienone is 1. The Morgan fingerprint density at radius 2 is 1.57 bits per heavy atom. The van der Waals surface area contributed by atoms with Gasteiger partial charge in [0, 0.05) is 13.5 Å². The van der Waals surface area contributed by atoms with Crippen LogP contribution in [0.15, 0.2) is 11.6 Å². The zero-order valence-corrected chi connectivity index (χ0v) is 24.0. The number of ketones is 1. The van der Waals surface area contributed by atoms with E-state index in [2.05, 4.69) is 61.5 Å². The first kappa shape index (κ1) is 30.6. The van der Waals surface area contributed by atoms with E-state index in [1.807, 2.05) is 0 Å². The average molecular weight is 489 g/mol. The number of hydrogen-bond donors (Lipinski definition) is 1. The van der Waals surface area contributed by atoms with E-state index in [9.17, 15) is 4.79 Å². The molecule has 0 aliphatic heterocycles. The van der Waals surface area contributed by atoms with Crippen LogP contribution >= 0.6 is 0 Å². The van der Waals surface area contributed by atoms with Crippen molar-refractivity contribution in [1.29, 1.82) is 0 Å². The number of aliphatic hydroxyl groups excluding tert-OH is 1. The van der Waals surface area contributed by atoms with Gasteiger partial charge >= 0.3 is 0 Å². The maximum Gasteiger partial charge on any atom is 0.155 e. The standard InChI is InChI=1S/C31H52O.CH4O.CH4/c1-9-25(19(2)3)21(5)20(4)22(6)27-12-13-28-26-11-10-23-18-24(32)14-16-30(23,7)29(26)15-17-31(27,28)8;1-2;/h18-22,25-29H,9-17H2,1-8H3;2H,1H3;1H4/t20-,21-,22-,25+,26?,27?,28?,29?,30+,31-;;/m1../s1. The summed E-state index contributed by atoms with van der Waals surface area (Å²) < 4.78 is 0. The highest BCUT2D eigenvalue weighted by Crippen LogP contribution is 2.68. The minimum absolute atomic E-state index is 0. The fraction of sp³-hybridized carbons (Fsp3) is 0.909. The normalized spacial score (nSPS) is 39.5. The molecular formula is C33H60O2. The number of aliphatic hydroxyl groups is 1. The van der Waals surface area contributed by atoms with Gasteiger partial charge in [0.05, 0.1) is 0 Å². The molecule has 4 unspecified atom stereocenters. The van der Waals surface area contributed by atoms with Crippen molar-refractivity contribution in [2.24, 2.45) is 64.1 Å². The van der Waals surface area contributed by atoms with Crippen molar-refractivity contribution in [1.82, 2.24) is 0 Å². The average Bonchev–Trinajstić information content (AvgIpc) is 3.17. The Balaban J connectivity index is 0.00000140. The second-order valence-corrected chi connectivity index (χ2v) is 13.6. The van der Waals surface area contributed by atoms with Gasteiger partial charge in [0.1, 0.15) is 0 Å². The Morgan fingerprint density at radius 3 is 2.17 bits per heavy atom. The molecule has 0 heterocycles. The van der Waals surface area contributed by atoms with Crippen LogP contribution in [0.2, 0.25) is 0 Å². The third kappa shape index (κ3) is 5.21. The number of carbonyl (C=O) groups excluding carboxylic acids is 1. The largest absolute Gasteiger partial charge is 0.400 e. The number of rotatable bonds is 6. The molecule has 2 nitrogen and oxygen atoms in total. The third-order valence-electron chi connectivity index (χ3n) is 12.3. The molecule has 1 N–H and O–H groups in total. The fourth-order valence-corrected chi connectivity index (χ4v) is 10.1. The Bertz CT molecular complexity index is 737. The van der Waals surface area contributed by atoms with Crippen molar-refractivity contribution in [3.8, 4) is 0 Å². The zero-order valence-electron chi connectivity index (χ0n) is 24.0. The summed E-state index contributed by atoms with van der Waals surface area (Å²) in [7, 11) is 1.00. The van der Waals surface area contributed by atoms with Crippen LogP contribution in [0.1, 0.15) is 121 Å². The van der Waals surface area contributed by atoms with Crippen LogP contribution in [-0.2, 0) is 4.79 Å². The van der Waals surface area contributed by atoms with E-state index >= 15 is 0 Å². The van der Waals surface area contributed by atoms with Crippen molar-refractivity contribution < 1.29 is 9.90 Å². The molecule has 10 atom stereocenters. The summed E-state index contributed by atoms with van der Waals surface area (Å²) in [6.45, 7) is 20.3. The summed E-state index contributed by atoms with van der Waals surface area (Å²) in [6, 6.07) is 0. The minimum atomic E-state index is 0. The summed E-state index contributed by atoms with van der Waals surface area (Å²) >= 11 is 0. The van der Waals surface area contributed by atoms with Crippen LogP contribution in [0.4, 0.5) is 0 Å². The summed E-state index contributed by atoms with van der Waals surface area (Å²) in [6.07, 6.45) is 13.6. The Labute approximate surface area is 219 Å². The van der Waals surface area contributed by atoms with Crippen LogP contribution < -0.4 is 0 Å². The van der Waals surface area contributed by atoms with Gasteiger partial charge in [0.25, 0.3) is 0 Å². The van der Waals surface area contributed by atoms with Gasteiger partial charge in [-0.3, -0.25) is 4.79 Å². The first-order chi connectivity index (χ1) is 16.0. The molecule has 0 aromatic carbocycles. The van der Waals surface area contributed by atoms with Gasteiger partial charge < -0.3 is 5.11 Å². The van der Waals surface area contributed by atoms with Crippen molar-refractivity contribution in [3.05, 3.63) is 11.6 Å². The minimum Gasteiger partial charge on any atom is -0.400 e. The molecule has 0 radical (unpaired) electrons. The molecule has 3 fully saturated rings. The summed E-state index contributed by atoms with van der Waals surface area (Å²) in [5, 5.41) is 7.00. The molecule has 0 spiro atoms. The lowest BCUT2D eigenvalue weighted by Crippen LogP contribution is -2.51. The van der Waals surface area contributed by atoms with E-state index in [4.69, 9.17) is 5.11 Å². The molecule has 0 aromatic heterocycles. The molecule has 204 valence electrons. The predicted molar refractivity (Wildman–Crippen MR) is 151 cm³/mol. The van der Waals surface area contributed by atoms with Crippen LogP contribution in [-0.4, -0.2) is 18.0 Å². The van der Waals surface area contributed by atoms with E-state index in [0.29, 0.717) is 16.6 Å². The van der Waals surface area contributed by atoms with E-state index in [-0.39, 0.29) is 7.43 Å². The van der Waals surface area contributed by atoms with Gasteiger partial charge in [-0.05, 0) is 115 Å². The van der Waals surface area contributed by atoms with E-state index in [0.717, 1.165) is 73.2 Å². The lowest BCUT2D eigenvalue weighted by atomic mass is 9.46. The van der Waals surface area contributed by atoms with Crippen molar-refractivity contribution in [2.75, 3.05) is 7.11 Å². The van der Waals surface area contributed by atoms with Crippen LogP contribution in [0.5, 0.6) is 0 Å². The summed E-state index contributed by atoms with van der Waals surface area (Å²) in [5.41, 5.74) is 2.37. The van der Waals surface area contributed by atoms with Gasteiger partial charge in [-0.1, -0.05) is 74.8 Å². The molecule has 0 aromatic rings. The first-order valence-electron chi connectivity index (χ1n) is 14.7. The highest BCUT2D eigenvalue weighted by atomic mass is 16.2. The highest BCUT2D eigenvalue weighted by Gasteiger charge is 2.59. The highest BCUT2D eigenvalue weighted by molar-refractivity contribution is 5.91. The van der Waals surface area contributed by atoms with Gasteiger partial charge in [-0.25, -0.2) is 0 Å². The molecular weight excluding hydrogens is 428 g/mol. The monoisotopic (exact) mass is 488 g/mol. The lowest BCUT2D eigenvalue weighted by Gasteiger charge is -2.58. The second-order valence-electron chi connectivity index (χ2n) is 13.6. The molecule has 0 amide bonds. The van der Waals surface area contributed by atoms with E-state index in [1.165, 1.54) is 50.5 Å². The van der Waals surface area contributed by atoms with E-state index < -0.39 is 0 Å². The summed E-state index contributed by atoms with van der Waals surface area (Å²) in [5.74, 6) is 8.02. The molecule has 35 heavy (non-hydrogen) atoms. The van der Waals surface area contributed by atoms with Crippen molar-refractivity contribution in [3.63, 3.8) is 0 Å². The number of fused-ring (bicyclic) bond motifs is 5. The molecule has 0 saturated heterocycles. The second kappa shape index (κ2) is 11.8. The molecule has 2 heteroatoms. The Hall–Kier alpha value is -0.630. The first-order valence-corrected chi connectivity index (χ1v) is 14.7. The smallest absolute Gasteiger partial charge is 0.155 e. The van der Waals surface area contributed by atoms with E-state index in [1.54, 1.807) is 0 Å². The summed E-state index contributed by atoms with van der Waals surface area (Å²) in [4.78, 5) is 12.1. The van der Waals surface area contributed by atoms with Gasteiger partial charge in [-0.2, -0.15) is 0 Å². The van der Waals surface area contributed by atoms with Gasteiger partial charge in [0.2, 0.25) is 0 Å². The van der Waals surface area contributed by atoms with Crippen LogP contribution in [0.3, 0.4) is 0 Å². The fourth-order valence-electron chi connectivity index (χ4n) is 10.1.